The Hall–Kier alpha value is 0.310. The molecule has 0 amide bonds. The van der Waals surface area contributed by atoms with Gasteiger partial charge >= 0.3 is 41.3 Å². The summed E-state index contributed by atoms with van der Waals surface area (Å²) in [5.74, 6) is 0. The fourth-order valence-corrected chi connectivity index (χ4v) is 0.963. The fraction of sp³-hybridized carbons (Fsp3) is 1.00. The van der Waals surface area contributed by atoms with Crippen molar-refractivity contribution in [3.8, 4) is 0 Å². The molecule has 0 aromatic rings. The maximum absolute atomic E-state index is 9.09. The van der Waals surface area contributed by atoms with Crippen LogP contribution >= 0.6 is 7.28 Å². The van der Waals surface area contributed by atoms with E-state index in [2.05, 4.69) is 9.35 Å². The zero-order valence-electron chi connectivity index (χ0n) is 4.42. The van der Waals surface area contributed by atoms with E-state index in [1.165, 1.54) is 0 Å². The standard InChI is InChI=1S/C3H9O3P/c1-3-7(2,4)5-6-7/h4H,3H2,1-2H3. The van der Waals surface area contributed by atoms with Crippen molar-refractivity contribution in [2.75, 3.05) is 12.8 Å². The van der Waals surface area contributed by atoms with Gasteiger partial charge in [0.1, 0.15) is 0 Å². The Labute approximate surface area is 42.3 Å². The molecule has 1 fully saturated rings. The molecular weight excluding hydrogens is 115 g/mol. The molecule has 0 unspecified atom stereocenters. The van der Waals surface area contributed by atoms with Gasteiger partial charge in [-0.05, 0) is 0 Å². The molecule has 44 valence electrons. The molecule has 7 heavy (non-hydrogen) atoms. The summed E-state index contributed by atoms with van der Waals surface area (Å²) >= 11 is 0. The molecule has 3 nitrogen and oxygen atoms in total. The van der Waals surface area contributed by atoms with Crippen molar-refractivity contribution in [3.63, 3.8) is 0 Å². The van der Waals surface area contributed by atoms with Gasteiger partial charge in [0, 0.05) is 0 Å². The van der Waals surface area contributed by atoms with E-state index in [0.717, 1.165) is 0 Å². The number of rotatable bonds is 1. The molecule has 0 aromatic heterocycles. The molecule has 0 aliphatic carbocycles. The molecule has 0 radical (unpaired) electrons. The molecule has 1 heterocycles. The van der Waals surface area contributed by atoms with Crippen LogP contribution in [0.4, 0.5) is 0 Å². The van der Waals surface area contributed by atoms with E-state index < -0.39 is 7.28 Å². The Morgan fingerprint density at radius 2 is 2.00 bits per heavy atom. The molecule has 1 aliphatic heterocycles. The van der Waals surface area contributed by atoms with Crippen molar-refractivity contribution in [2.45, 2.75) is 6.92 Å². The summed E-state index contributed by atoms with van der Waals surface area (Å²) in [7, 11) is -2.83. The van der Waals surface area contributed by atoms with Crippen molar-refractivity contribution in [2.24, 2.45) is 0 Å². The van der Waals surface area contributed by atoms with Crippen molar-refractivity contribution in [1.82, 2.24) is 0 Å². The van der Waals surface area contributed by atoms with E-state index in [-0.39, 0.29) is 0 Å². The van der Waals surface area contributed by atoms with Crippen LogP contribution in [0.15, 0.2) is 0 Å². The van der Waals surface area contributed by atoms with Crippen LogP contribution in [0.25, 0.3) is 0 Å². The number of hydrogen-bond donors (Lipinski definition) is 1. The number of hydrogen-bond acceptors (Lipinski definition) is 3. The normalized spacial score (nSPS) is 38.4. The molecule has 1 rings (SSSR count). The molecule has 0 saturated carbocycles. The van der Waals surface area contributed by atoms with E-state index in [1.54, 1.807) is 6.66 Å². The van der Waals surface area contributed by atoms with Crippen LogP contribution in [-0.2, 0) is 9.35 Å². The van der Waals surface area contributed by atoms with Gasteiger partial charge in [0.2, 0.25) is 0 Å². The zero-order chi connectivity index (χ0) is 5.57. The minimum atomic E-state index is -2.83. The Bertz CT molecular complexity index is 92.4. The SMILES string of the molecule is CCP1(C)(O)OO1. The molecule has 4 heteroatoms. The summed E-state index contributed by atoms with van der Waals surface area (Å²) in [5, 5.41) is 0. The first kappa shape index (κ1) is 5.45. The first-order valence-corrected chi connectivity index (χ1v) is 4.86. The monoisotopic (exact) mass is 124 g/mol. The van der Waals surface area contributed by atoms with Crippen molar-refractivity contribution >= 4 is 7.28 Å². The van der Waals surface area contributed by atoms with Crippen LogP contribution in [0.3, 0.4) is 0 Å². The van der Waals surface area contributed by atoms with E-state index >= 15 is 0 Å². The van der Waals surface area contributed by atoms with Crippen LogP contribution < -0.4 is 0 Å². The van der Waals surface area contributed by atoms with Crippen LogP contribution in [0.5, 0.6) is 0 Å². The quantitative estimate of drug-likeness (QED) is 0.320. The van der Waals surface area contributed by atoms with Crippen molar-refractivity contribution < 1.29 is 14.2 Å². The van der Waals surface area contributed by atoms with Gasteiger partial charge < -0.3 is 0 Å². The summed E-state index contributed by atoms with van der Waals surface area (Å²) in [5.41, 5.74) is 0. The van der Waals surface area contributed by atoms with E-state index in [4.69, 9.17) is 4.89 Å². The van der Waals surface area contributed by atoms with Gasteiger partial charge in [0.25, 0.3) is 0 Å². The van der Waals surface area contributed by atoms with Crippen LogP contribution in [-0.4, -0.2) is 17.7 Å². The van der Waals surface area contributed by atoms with Gasteiger partial charge in [-0.3, -0.25) is 0 Å². The first-order chi connectivity index (χ1) is 3.05. The van der Waals surface area contributed by atoms with Crippen molar-refractivity contribution in [3.05, 3.63) is 0 Å². The summed E-state index contributed by atoms with van der Waals surface area (Å²) < 4.78 is 8.84. The molecular formula is C3H9O3P. The predicted molar refractivity (Wildman–Crippen MR) is 27.8 cm³/mol. The summed E-state index contributed by atoms with van der Waals surface area (Å²) in [4.78, 5) is 9.09. The Kier molecular flexibility index (Phi) is 0.781. The Morgan fingerprint density at radius 1 is 1.57 bits per heavy atom. The topological polar surface area (TPSA) is 45.3 Å². The average molecular weight is 124 g/mol. The average Bonchev–Trinajstić information content (AvgIpc) is 2.20. The zero-order valence-corrected chi connectivity index (χ0v) is 5.31. The first-order valence-electron chi connectivity index (χ1n) is 2.20. The summed E-state index contributed by atoms with van der Waals surface area (Å²) in [6.45, 7) is 3.45. The van der Waals surface area contributed by atoms with Gasteiger partial charge in [-0.15, -0.1) is 0 Å². The van der Waals surface area contributed by atoms with Gasteiger partial charge in [-0.25, -0.2) is 0 Å². The summed E-state index contributed by atoms with van der Waals surface area (Å²) in [6, 6.07) is 0. The molecule has 1 N–H and O–H groups in total. The van der Waals surface area contributed by atoms with Gasteiger partial charge in [0.05, 0.1) is 0 Å². The predicted octanol–water partition coefficient (Wildman–Crippen LogP) is 0.888. The van der Waals surface area contributed by atoms with E-state index in [0.29, 0.717) is 6.16 Å². The van der Waals surface area contributed by atoms with Crippen LogP contribution in [0.2, 0.25) is 0 Å². The molecule has 0 aromatic carbocycles. The van der Waals surface area contributed by atoms with E-state index in [9.17, 15) is 0 Å². The third-order valence-corrected chi connectivity index (χ3v) is 3.33. The van der Waals surface area contributed by atoms with Crippen LogP contribution in [0.1, 0.15) is 6.92 Å². The fourth-order valence-electron chi connectivity index (χ4n) is 0.177. The Balaban J connectivity index is 2.58. The third kappa shape index (κ3) is 0.916. The second-order valence-corrected chi connectivity index (χ2v) is 5.95. The van der Waals surface area contributed by atoms with Crippen LogP contribution in [0, 0.1) is 0 Å². The third-order valence-electron chi connectivity index (χ3n) is 1.11. The molecule has 1 saturated heterocycles. The van der Waals surface area contributed by atoms with Crippen molar-refractivity contribution in [1.29, 1.82) is 0 Å². The van der Waals surface area contributed by atoms with Gasteiger partial charge in [-0.2, -0.15) is 0 Å². The molecule has 0 spiro atoms. The Morgan fingerprint density at radius 3 is 2.00 bits per heavy atom. The molecule has 1 aliphatic rings. The second kappa shape index (κ2) is 1.00. The van der Waals surface area contributed by atoms with Gasteiger partial charge in [0.15, 0.2) is 0 Å². The van der Waals surface area contributed by atoms with Gasteiger partial charge in [-0.1, -0.05) is 0 Å². The molecule has 0 atom stereocenters. The minimum absolute atomic E-state index is 0.589. The maximum atomic E-state index is 9.09. The summed E-state index contributed by atoms with van der Waals surface area (Å²) in [6.07, 6.45) is 0.589. The second-order valence-electron chi connectivity index (χ2n) is 1.98. The van der Waals surface area contributed by atoms with E-state index in [1.807, 2.05) is 6.92 Å². The molecule has 0 bridgehead atoms.